The predicted octanol–water partition coefficient (Wildman–Crippen LogP) is 3.49. The lowest BCUT2D eigenvalue weighted by molar-refractivity contribution is -0.116. The number of carbonyl (C=O) groups excluding carboxylic acids is 2. The molecule has 26 heavy (non-hydrogen) atoms. The van der Waals surface area contributed by atoms with Crippen LogP contribution in [0.2, 0.25) is 0 Å². The summed E-state index contributed by atoms with van der Waals surface area (Å²) in [6, 6.07) is 13.5. The third-order valence-corrected chi connectivity index (χ3v) is 5.26. The van der Waals surface area contributed by atoms with Crippen molar-refractivity contribution >= 4 is 17.5 Å². The van der Waals surface area contributed by atoms with E-state index in [-0.39, 0.29) is 24.3 Å². The average Bonchev–Trinajstić information content (AvgIpc) is 2.68. The van der Waals surface area contributed by atoms with Crippen molar-refractivity contribution in [2.24, 2.45) is 4.99 Å². The molecule has 1 unspecified atom stereocenters. The van der Waals surface area contributed by atoms with Gasteiger partial charge in [0.2, 0.25) is 11.8 Å². The number of hydrogen-bond acceptors (Lipinski definition) is 3. The second kappa shape index (κ2) is 7.28. The number of para-hydroxylation sites is 1. The number of carbonyl (C=O) groups is 2. The first-order valence-corrected chi connectivity index (χ1v) is 9.37. The summed E-state index contributed by atoms with van der Waals surface area (Å²) >= 11 is 0. The molecule has 1 saturated carbocycles. The molecule has 1 aromatic heterocycles. The molecule has 2 heterocycles. The quantitative estimate of drug-likeness (QED) is 0.902. The van der Waals surface area contributed by atoms with Crippen LogP contribution in [0, 0.1) is 0 Å². The van der Waals surface area contributed by atoms with Crippen molar-refractivity contribution in [3.63, 3.8) is 0 Å². The molecule has 1 aliphatic heterocycles. The number of fused-ring (bicyclic) bond motifs is 1. The number of rotatable bonds is 2. The Labute approximate surface area is 152 Å². The van der Waals surface area contributed by atoms with Crippen molar-refractivity contribution in [1.82, 2.24) is 4.57 Å². The normalized spacial score (nSPS) is 21.2. The minimum Gasteiger partial charge on any atom is -0.326 e. The van der Waals surface area contributed by atoms with Crippen LogP contribution < -0.4 is 10.8 Å². The van der Waals surface area contributed by atoms with Crippen LogP contribution in [0.1, 0.15) is 54.8 Å². The topological polar surface area (TPSA) is 63.5 Å². The highest BCUT2D eigenvalue weighted by Gasteiger charge is 2.31. The molecule has 1 atom stereocenters. The van der Waals surface area contributed by atoms with Crippen molar-refractivity contribution in [3.8, 4) is 0 Å². The van der Waals surface area contributed by atoms with Gasteiger partial charge in [0.25, 0.3) is 0 Å². The number of pyridine rings is 1. The number of nitrogens with one attached hydrogen (secondary N) is 1. The Morgan fingerprint density at radius 1 is 1.04 bits per heavy atom. The van der Waals surface area contributed by atoms with Crippen LogP contribution in [0.5, 0.6) is 0 Å². The summed E-state index contributed by atoms with van der Waals surface area (Å²) in [5.41, 5.74) is 2.29. The molecule has 5 nitrogen and oxygen atoms in total. The van der Waals surface area contributed by atoms with E-state index in [0.717, 1.165) is 24.1 Å². The van der Waals surface area contributed by atoms with Crippen LogP contribution in [-0.4, -0.2) is 22.4 Å². The molecule has 2 aromatic rings. The fraction of sp³-hybridized carbons (Fsp3) is 0.381. The largest absolute Gasteiger partial charge is 0.326 e. The first-order chi connectivity index (χ1) is 12.7. The molecule has 1 aliphatic carbocycles. The van der Waals surface area contributed by atoms with Gasteiger partial charge in [0, 0.05) is 18.3 Å². The van der Waals surface area contributed by atoms with E-state index in [9.17, 15) is 9.59 Å². The monoisotopic (exact) mass is 349 g/mol. The Morgan fingerprint density at radius 2 is 1.81 bits per heavy atom. The summed E-state index contributed by atoms with van der Waals surface area (Å²) in [5, 5.41) is 2.85. The second-order valence-electron chi connectivity index (χ2n) is 7.08. The van der Waals surface area contributed by atoms with Gasteiger partial charge in [0.05, 0.1) is 12.0 Å². The fourth-order valence-corrected chi connectivity index (χ4v) is 3.92. The van der Waals surface area contributed by atoms with E-state index < -0.39 is 5.92 Å². The van der Waals surface area contributed by atoms with Crippen LogP contribution in [0.3, 0.4) is 0 Å². The average molecular weight is 349 g/mol. The van der Waals surface area contributed by atoms with E-state index in [2.05, 4.69) is 5.32 Å². The van der Waals surface area contributed by atoms with E-state index in [4.69, 9.17) is 4.99 Å². The van der Waals surface area contributed by atoms with Crippen LogP contribution in [-0.2, 0) is 4.79 Å². The first-order valence-electron chi connectivity index (χ1n) is 9.37. The summed E-state index contributed by atoms with van der Waals surface area (Å²) in [7, 11) is 0. The molecule has 0 radical (unpaired) electrons. The first kappa shape index (κ1) is 16.8. The second-order valence-corrected chi connectivity index (χ2v) is 7.08. The molecule has 0 bridgehead atoms. The van der Waals surface area contributed by atoms with Gasteiger partial charge in [0.1, 0.15) is 5.49 Å². The SMILES string of the molecule is O=C1CC(C(=O)n2ccccc2=NC2CCCCC2)c2ccccc2N1. The van der Waals surface area contributed by atoms with Crippen LogP contribution in [0.15, 0.2) is 53.7 Å². The highest BCUT2D eigenvalue weighted by atomic mass is 16.2. The maximum absolute atomic E-state index is 13.3. The summed E-state index contributed by atoms with van der Waals surface area (Å²) in [6.07, 6.45) is 7.76. The Hall–Kier alpha value is -2.69. The number of aromatic nitrogens is 1. The standard InChI is InChI=1S/C21H23N3O2/c25-20-14-17(16-10-4-5-11-18(16)23-20)21(26)24-13-7-6-12-19(24)22-15-8-2-1-3-9-15/h4-7,10-13,15,17H,1-3,8-9,14H2,(H,23,25). The number of hydrogen-bond donors (Lipinski definition) is 1. The Bertz CT molecular complexity index is 894. The summed E-state index contributed by atoms with van der Waals surface area (Å²) in [4.78, 5) is 30.2. The van der Waals surface area contributed by atoms with E-state index in [0.29, 0.717) is 5.49 Å². The van der Waals surface area contributed by atoms with E-state index in [1.165, 1.54) is 19.3 Å². The minimum atomic E-state index is -0.479. The van der Waals surface area contributed by atoms with Gasteiger partial charge < -0.3 is 5.32 Å². The molecular weight excluding hydrogens is 326 g/mol. The molecule has 1 N–H and O–H groups in total. The van der Waals surface area contributed by atoms with Gasteiger partial charge in [-0.25, -0.2) is 0 Å². The Kier molecular flexibility index (Phi) is 4.69. The zero-order chi connectivity index (χ0) is 17.9. The van der Waals surface area contributed by atoms with Crippen molar-refractivity contribution in [1.29, 1.82) is 0 Å². The van der Waals surface area contributed by atoms with Crippen LogP contribution in [0.4, 0.5) is 5.69 Å². The molecule has 1 amide bonds. The lowest BCUT2D eigenvalue weighted by atomic mass is 9.89. The van der Waals surface area contributed by atoms with Crippen LogP contribution in [0.25, 0.3) is 0 Å². The predicted molar refractivity (Wildman–Crippen MR) is 99.9 cm³/mol. The lowest BCUT2D eigenvalue weighted by Crippen LogP contribution is -2.35. The van der Waals surface area contributed by atoms with Gasteiger partial charge in [-0.15, -0.1) is 0 Å². The highest BCUT2D eigenvalue weighted by Crippen LogP contribution is 2.32. The van der Waals surface area contributed by atoms with Gasteiger partial charge in [0.15, 0.2) is 0 Å². The molecule has 134 valence electrons. The third-order valence-electron chi connectivity index (χ3n) is 5.26. The molecular formula is C21H23N3O2. The summed E-state index contributed by atoms with van der Waals surface area (Å²) < 4.78 is 1.62. The number of nitrogens with zero attached hydrogens (tertiary/aromatic N) is 2. The van der Waals surface area contributed by atoms with Crippen molar-refractivity contribution in [3.05, 3.63) is 59.7 Å². The van der Waals surface area contributed by atoms with Gasteiger partial charge in [-0.1, -0.05) is 43.5 Å². The fourth-order valence-electron chi connectivity index (χ4n) is 3.92. The number of benzene rings is 1. The highest BCUT2D eigenvalue weighted by molar-refractivity contribution is 6.01. The van der Waals surface area contributed by atoms with Crippen molar-refractivity contribution < 1.29 is 9.59 Å². The summed E-state index contributed by atoms with van der Waals surface area (Å²) in [5.74, 6) is -0.695. The lowest BCUT2D eigenvalue weighted by Gasteiger charge is -2.25. The zero-order valence-corrected chi connectivity index (χ0v) is 14.7. The van der Waals surface area contributed by atoms with Gasteiger partial charge >= 0.3 is 0 Å². The molecule has 5 heteroatoms. The van der Waals surface area contributed by atoms with E-state index in [1.807, 2.05) is 42.5 Å². The van der Waals surface area contributed by atoms with Gasteiger partial charge in [-0.2, -0.15) is 0 Å². The molecule has 1 fully saturated rings. The van der Waals surface area contributed by atoms with Gasteiger partial charge in [-0.05, 0) is 36.6 Å². The molecule has 0 saturated heterocycles. The number of amides is 1. The maximum atomic E-state index is 13.3. The van der Waals surface area contributed by atoms with E-state index >= 15 is 0 Å². The van der Waals surface area contributed by atoms with Crippen molar-refractivity contribution in [2.45, 2.75) is 50.5 Å². The maximum Gasteiger partial charge on any atom is 0.240 e. The molecule has 4 rings (SSSR count). The number of anilines is 1. The zero-order valence-electron chi connectivity index (χ0n) is 14.7. The molecule has 1 aromatic carbocycles. The smallest absolute Gasteiger partial charge is 0.240 e. The van der Waals surface area contributed by atoms with Crippen molar-refractivity contribution in [2.75, 3.05) is 5.32 Å². The Morgan fingerprint density at radius 3 is 2.65 bits per heavy atom. The molecule has 2 aliphatic rings. The Balaban J connectivity index is 1.71. The summed E-state index contributed by atoms with van der Waals surface area (Å²) in [6.45, 7) is 0. The van der Waals surface area contributed by atoms with Crippen LogP contribution >= 0.6 is 0 Å². The van der Waals surface area contributed by atoms with E-state index in [1.54, 1.807) is 10.8 Å². The molecule has 0 spiro atoms. The third kappa shape index (κ3) is 3.34. The minimum absolute atomic E-state index is 0.0949. The van der Waals surface area contributed by atoms with Gasteiger partial charge in [-0.3, -0.25) is 19.1 Å².